The molecular weight excluding hydrogens is 185 g/mol. The van der Waals surface area contributed by atoms with Gasteiger partial charge in [0.2, 0.25) is 6.08 Å². The van der Waals surface area contributed by atoms with Crippen molar-refractivity contribution in [2.24, 2.45) is 4.99 Å². The van der Waals surface area contributed by atoms with Crippen molar-refractivity contribution in [1.29, 1.82) is 0 Å². The summed E-state index contributed by atoms with van der Waals surface area (Å²) in [7, 11) is 0. The van der Waals surface area contributed by atoms with Crippen LogP contribution in [0.2, 0.25) is 0 Å². The predicted octanol–water partition coefficient (Wildman–Crippen LogP) is 2.68. The molecule has 0 aromatic heterocycles. The smallest absolute Gasteiger partial charge is 0.211 e. The van der Waals surface area contributed by atoms with Crippen molar-refractivity contribution in [3.05, 3.63) is 0 Å². The second kappa shape index (κ2) is 6.66. The number of nitrogens with zero attached hydrogens (tertiary/aromatic N) is 1. The molecule has 0 saturated heterocycles. The second-order valence-electron chi connectivity index (χ2n) is 2.28. The highest BCUT2D eigenvalue weighted by Gasteiger charge is 2.09. The first kappa shape index (κ1) is 11.0. The average Bonchev–Trinajstić information content (AvgIpc) is 1.87. The molecule has 0 N–H and O–H groups in total. The quantitative estimate of drug-likeness (QED) is 0.287. The molecular formula is C7H11Cl2NO. The van der Waals surface area contributed by atoms with Crippen molar-refractivity contribution in [2.45, 2.75) is 37.1 Å². The van der Waals surface area contributed by atoms with Gasteiger partial charge >= 0.3 is 0 Å². The van der Waals surface area contributed by atoms with Crippen LogP contribution in [0.5, 0.6) is 0 Å². The summed E-state index contributed by atoms with van der Waals surface area (Å²) < 4.78 is 0. The zero-order valence-corrected chi connectivity index (χ0v) is 7.90. The third-order valence-electron chi connectivity index (χ3n) is 1.24. The van der Waals surface area contributed by atoms with Crippen LogP contribution in [0.4, 0.5) is 0 Å². The highest BCUT2D eigenvalue weighted by atomic mass is 35.5. The van der Waals surface area contributed by atoms with Crippen LogP contribution in [-0.2, 0) is 4.79 Å². The molecule has 64 valence electrons. The van der Waals surface area contributed by atoms with Crippen LogP contribution in [0.3, 0.4) is 0 Å². The minimum Gasteiger partial charge on any atom is -0.211 e. The largest absolute Gasteiger partial charge is 0.236 e. The van der Waals surface area contributed by atoms with E-state index in [4.69, 9.17) is 23.2 Å². The van der Waals surface area contributed by atoms with Crippen molar-refractivity contribution in [1.82, 2.24) is 0 Å². The molecule has 0 rings (SSSR count). The molecule has 0 saturated carbocycles. The Morgan fingerprint density at radius 2 is 2.18 bits per heavy atom. The Morgan fingerprint density at radius 1 is 1.55 bits per heavy atom. The molecule has 0 spiro atoms. The number of isocyanates is 1. The highest BCUT2D eigenvalue weighted by molar-refractivity contribution is 6.23. The normalized spacial score (nSPS) is 15.2. The zero-order valence-electron chi connectivity index (χ0n) is 6.39. The van der Waals surface area contributed by atoms with Crippen LogP contribution in [0.1, 0.15) is 26.2 Å². The van der Waals surface area contributed by atoms with Crippen molar-refractivity contribution in [2.75, 3.05) is 0 Å². The Labute approximate surface area is 76.6 Å². The van der Waals surface area contributed by atoms with E-state index in [2.05, 4.69) is 4.99 Å². The van der Waals surface area contributed by atoms with Gasteiger partial charge in [0.25, 0.3) is 0 Å². The predicted molar refractivity (Wildman–Crippen MR) is 46.9 cm³/mol. The fraction of sp³-hybridized carbons (Fsp3) is 0.857. The van der Waals surface area contributed by atoms with Gasteiger partial charge in [0, 0.05) is 11.8 Å². The summed E-state index contributed by atoms with van der Waals surface area (Å²) >= 11 is 11.4. The third kappa shape index (κ3) is 6.36. The molecule has 0 aliphatic rings. The second-order valence-corrected chi connectivity index (χ2v) is 3.40. The number of halogens is 2. The maximum atomic E-state index is 9.74. The van der Waals surface area contributed by atoms with E-state index in [1.807, 2.05) is 6.92 Å². The van der Waals surface area contributed by atoms with Crippen LogP contribution in [0, 0.1) is 0 Å². The zero-order chi connectivity index (χ0) is 8.69. The maximum absolute atomic E-state index is 9.74. The maximum Gasteiger partial charge on any atom is 0.236 e. The molecule has 0 heterocycles. The van der Waals surface area contributed by atoms with E-state index >= 15 is 0 Å². The number of hydrogen-bond acceptors (Lipinski definition) is 2. The lowest BCUT2D eigenvalue weighted by Gasteiger charge is -2.07. The third-order valence-corrected chi connectivity index (χ3v) is 1.92. The number of hydrogen-bond donors (Lipinski definition) is 0. The highest BCUT2D eigenvalue weighted by Crippen LogP contribution is 2.15. The molecule has 0 radical (unpaired) electrons. The number of aliphatic imine (C=N–C) groups is 1. The van der Waals surface area contributed by atoms with Gasteiger partial charge in [0.1, 0.15) is 5.50 Å². The Hall–Kier alpha value is -0.0400. The van der Waals surface area contributed by atoms with E-state index in [1.165, 1.54) is 6.08 Å². The minimum atomic E-state index is -0.512. The Morgan fingerprint density at radius 3 is 2.64 bits per heavy atom. The van der Waals surface area contributed by atoms with Crippen LogP contribution in [0.15, 0.2) is 4.99 Å². The average molecular weight is 196 g/mol. The van der Waals surface area contributed by atoms with Gasteiger partial charge in [-0.05, 0) is 6.42 Å². The van der Waals surface area contributed by atoms with Gasteiger partial charge in [0.15, 0.2) is 0 Å². The van der Waals surface area contributed by atoms with Crippen LogP contribution in [0.25, 0.3) is 0 Å². The SMILES string of the molecule is CCCC(Cl)CC(Cl)N=C=O. The summed E-state index contributed by atoms with van der Waals surface area (Å²) in [4.78, 5) is 13.1. The van der Waals surface area contributed by atoms with Gasteiger partial charge in [-0.1, -0.05) is 24.9 Å². The molecule has 2 nitrogen and oxygen atoms in total. The summed E-state index contributed by atoms with van der Waals surface area (Å²) in [6, 6.07) is 0. The summed E-state index contributed by atoms with van der Waals surface area (Å²) in [6.07, 6.45) is 3.85. The van der Waals surface area contributed by atoms with Gasteiger partial charge in [-0.3, -0.25) is 0 Å². The first-order valence-corrected chi connectivity index (χ1v) is 4.43. The summed E-state index contributed by atoms with van der Waals surface area (Å²) in [5.41, 5.74) is -0.512. The van der Waals surface area contributed by atoms with E-state index in [9.17, 15) is 4.79 Å². The minimum absolute atomic E-state index is 0.0135. The van der Waals surface area contributed by atoms with Gasteiger partial charge < -0.3 is 0 Å². The lowest BCUT2D eigenvalue weighted by Crippen LogP contribution is -2.05. The standard InChI is InChI=1S/C7H11Cl2NO/c1-2-3-6(8)4-7(9)10-5-11/h6-7H,2-4H2,1H3. The van der Waals surface area contributed by atoms with Crippen LogP contribution >= 0.6 is 23.2 Å². The summed E-state index contributed by atoms with van der Waals surface area (Å²) in [6.45, 7) is 2.04. The van der Waals surface area contributed by atoms with E-state index in [-0.39, 0.29) is 5.38 Å². The van der Waals surface area contributed by atoms with Crippen LogP contribution < -0.4 is 0 Å². The number of alkyl halides is 2. The molecule has 0 amide bonds. The van der Waals surface area contributed by atoms with E-state index in [0.29, 0.717) is 6.42 Å². The van der Waals surface area contributed by atoms with Crippen molar-refractivity contribution >= 4 is 29.3 Å². The van der Waals surface area contributed by atoms with Gasteiger partial charge in [-0.25, -0.2) is 4.79 Å². The fourth-order valence-electron chi connectivity index (χ4n) is 0.752. The number of carbonyl (C=O) groups excluding carboxylic acids is 1. The summed E-state index contributed by atoms with van der Waals surface area (Å²) in [5, 5.41) is 0.0135. The first-order chi connectivity index (χ1) is 5.20. The molecule has 0 aliphatic carbocycles. The van der Waals surface area contributed by atoms with Crippen molar-refractivity contribution < 1.29 is 4.79 Å². The first-order valence-electron chi connectivity index (χ1n) is 3.55. The van der Waals surface area contributed by atoms with E-state index in [0.717, 1.165) is 12.8 Å². The van der Waals surface area contributed by atoms with Gasteiger partial charge in [-0.15, -0.1) is 11.6 Å². The molecule has 0 aliphatic heterocycles. The van der Waals surface area contributed by atoms with E-state index < -0.39 is 5.50 Å². The summed E-state index contributed by atoms with van der Waals surface area (Å²) in [5.74, 6) is 0. The molecule has 0 bridgehead atoms. The Bertz CT molecular complexity index is 145. The molecule has 4 heteroatoms. The molecule has 2 unspecified atom stereocenters. The lowest BCUT2D eigenvalue weighted by molar-refractivity contribution is 0.559. The molecule has 0 aromatic rings. The van der Waals surface area contributed by atoms with Crippen molar-refractivity contribution in [3.8, 4) is 0 Å². The van der Waals surface area contributed by atoms with Gasteiger partial charge in [0.05, 0.1) is 0 Å². The Balaban J connectivity index is 3.56. The molecule has 2 atom stereocenters. The fourth-order valence-corrected chi connectivity index (χ4v) is 1.49. The molecule has 11 heavy (non-hydrogen) atoms. The lowest BCUT2D eigenvalue weighted by atomic mass is 10.2. The monoisotopic (exact) mass is 195 g/mol. The topological polar surface area (TPSA) is 29.4 Å². The Kier molecular flexibility index (Phi) is 6.63. The van der Waals surface area contributed by atoms with Crippen molar-refractivity contribution in [3.63, 3.8) is 0 Å². The van der Waals surface area contributed by atoms with Crippen LogP contribution in [-0.4, -0.2) is 17.0 Å². The molecule has 0 fully saturated rings. The van der Waals surface area contributed by atoms with E-state index in [1.54, 1.807) is 0 Å². The molecule has 0 aromatic carbocycles. The number of rotatable bonds is 5. The van der Waals surface area contributed by atoms with Gasteiger partial charge in [-0.2, -0.15) is 4.99 Å².